The van der Waals surface area contributed by atoms with E-state index in [-0.39, 0.29) is 10.8 Å². The van der Waals surface area contributed by atoms with E-state index in [4.69, 9.17) is 0 Å². The zero-order valence-electron chi connectivity index (χ0n) is 40.8. The highest BCUT2D eigenvalue weighted by Crippen LogP contribution is 2.55. The second-order valence-corrected chi connectivity index (χ2v) is 21.0. The van der Waals surface area contributed by atoms with E-state index in [9.17, 15) is 10.5 Å². The van der Waals surface area contributed by atoms with Gasteiger partial charge in [0.25, 0.3) is 0 Å². The van der Waals surface area contributed by atoms with E-state index in [0.717, 1.165) is 93.5 Å². The van der Waals surface area contributed by atoms with E-state index in [1.165, 1.54) is 38.9 Å². The molecule has 3 heterocycles. The quantitative estimate of drug-likeness (QED) is 0.176. The molecule has 0 radical (unpaired) electrons. The number of hydrogen-bond donors (Lipinski definition) is 0. The Kier molecular flexibility index (Phi) is 8.26. The van der Waals surface area contributed by atoms with Gasteiger partial charge in [0.2, 0.25) is 0 Å². The third-order valence-corrected chi connectivity index (χ3v) is 16.7. The molecule has 0 unspecified atom stereocenters. The molecule has 0 fully saturated rings. The fraction of sp³-hybridized carbons (Fsp3) is 0.0882. The van der Waals surface area contributed by atoms with Crippen LogP contribution in [0.3, 0.4) is 0 Å². The standard InChI is InChI=1S/C68H45N5/c1-67(2)53-26-12-5-19-41(53)48-35-40(33-34-55(48)67)63-65(71-57-28-14-7-21-43(57)44-22-8-15-29-58(44)71)51(38-69)64(52(39-70)66(63)72-59-30-16-9-23-45(59)46-24-10-17-31-60(46)72)73-61-32-18-11-25-47(61)50-36-49-42-20-6-13-27-54(42)68(3,4)56(49)37-62(50)73/h5-37H,1-4H3. The van der Waals surface area contributed by atoms with Gasteiger partial charge in [0.1, 0.15) is 23.3 Å². The fourth-order valence-electron chi connectivity index (χ4n) is 13.5. The molecule has 2 aliphatic carbocycles. The van der Waals surface area contributed by atoms with E-state index in [0.29, 0.717) is 16.8 Å². The molecule has 10 aromatic carbocycles. The average Bonchev–Trinajstić information content (AvgIpc) is 4.17. The molecular weight excluding hydrogens is 887 g/mol. The van der Waals surface area contributed by atoms with Gasteiger partial charge in [-0.1, -0.05) is 179 Å². The normalized spacial score (nSPS) is 13.9. The minimum atomic E-state index is -0.301. The number of para-hydroxylation sites is 5. The lowest BCUT2D eigenvalue weighted by Gasteiger charge is -2.27. The average molecular weight is 932 g/mol. The first-order valence-corrected chi connectivity index (χ1v) is 25.1. The molecule has 3 aromatic heterocycles. The Morgan fingerprint density at radius 2 is 0.671 bits per heavy atom. The number of hydrogen-bond acceptors (Lipinski definition) is 2. The van der Waals surface area contributed by atoms with Gasteiger partial charge in [-0.25, -0.2) is 0 Å². The highest BCUT2D eigenvalue weighted by atomic mass is 15.1. The molecule has 0 atom stereocenters. The van der Waals surface area contributed by atoms with Crippen molar-refractivity contribution in [1.29, 1.82) is 10.5 Å². The molecule has 5 nitrogen and oxygen atoms in total. The van der Waals surface area contributed by atoms with Gasteiger partial charge in [0.05, 0.1) is 50.2 Å². The molecule has 0 saturated heterocycles. The molecule has 0 bridgehead atoms. The maximum atomic E-state index is 12.5. The molecule has 0 aliphatic heterocycles. The lowest BCUT2D eigenvalue weighted by Crippen LogP contribution is -2.16. The van der Waals surface area contributed by atoms with Gasteiger partial charge in [-0.15, -0.1) is 0 Å². The van der Waals surface area contributed by atoms with Crippen LogP contribution in [0.1, 0.15) is 61.1 Å². The maximum Gasteiger partial charge on any atom is 0.104 e. The van der Waals surface area contributed by atoms with Crippen molar-refractivity contribution in [2.75, 3.05) is 0 Å². The van der Waals surface area contributed by atoms with Crippen molar-refractivity contribution in [1.82, 2.24) is 13.7 Å². The van der Waals surface area contributed by atoms with Crippen LogP contribution in [0, 0.1) is 22.7 Å². The van der Waals surface area contributed by atoms with Gasteiger partial charge < -0.3 is 13.7 Å². The number of benzene rings is 10. The van der Waals surface area contributed by atoms with Crippen LogP contribution in [-0.2, 0) is 10.8 Å². The van der Waals surface area contributed by atoms with Crippen LogP contribution < -0.4 is 0 Å². The monoisotopic (exact) mass is 931 g/mol. The topological polar surface area (TPSA) is 62.4 Å². The largest absolute Gasteiger partial charge is 0.307 e. The van der Waals surface area contributed by atoms with E-state index < -0.39 is 0 Å². The summed E-state index contributed by atoms with van der Waals surface area (Å²) in [5.41, 5.74) is 19.6. The summed E-state index contributed by atoms with van der Waals surface area (Å²) in [6.45, 7) is 9.23. The van der Waals surface area contributed by atoms with Crippen LogP contribution in [-0.4, -0.2) is 13.7 Å². The zero-order chi connectivity index (χ0) is 49.1. The van der Waals surface area contributed by atoms with Gasteiger partial charge >= 0.3 is 0 Å². The second-order valence-electron chi connectivity index (χ2n) is 21.0. The molecule has 0 amide bonds. The first-order chi connectivity index (χ1) is 35.7. The van der Waals surface area contributed by atoms with Crippen LogP contribution in [0.25, 0.3) is 116 Å². The summed E-state index contributed by atoms with van der Waals surface area (Å²) in [6.07, 6.45) is 0. The lowest BCUT2D eigenvalue weighted by molar-refractivity contribution is 0.660. The van der Waals surface area contributed by atoms with Crippen molar-refractivity contribution in [3.05, 3.63) is 234 Å². The molecule has 5 heteroatoms. The highest BCUT2D eigenvalue weighted by Gasteiger charge is 2.39. The minimum absolute atomic E-state index is 0.234. The van der Waals surface area contributed by atoms with E-state index in [2.05, 4.69) is 254 Å². The third kappa shape index (κ3) is 5.28. The number of nitrogens with zero attached hydrogens (tertiary/aromatic N) is 5. The Labute approximate surface area is 422 Å². The first kappa shape index (κ1) is 41.4. The molecule has 2 aliphatic rings. The summed E-state index contributed by atoms with van der Waals surface area (Å²) in [5, 5.41) is 31.4. The van der Waals surface area contributed by atoms with Crippen LogP contribution in [0.2, 0.25) is 0 Å². The van der Waals surface area contributed by atoms with Gasteiger partial charge in [-0.3, -0.25) is 0 Å². The summed E-state index contributed by atoms with van der Waals surface area (Å²) in [6, 6.07) is 77.5. The second kappa shape index (κ2) is 14.6. The molecule has 73 heavy (non-hydrogen) atoms. The number of fused-ring (bicyclic) bond motifs is 15. The maximum absolute atomic E-state index is 12.5. The zero-order valence-corrected chi connectivity index (χ0v) is 40.8. The van der Waals surface area contributed by atoms with Crippen LogP contribution in [0.4, 0.5) is 0 Å². The first-order valence-electron chi connectivity index (χ1n) is 25.1. The summed E-state index contributed by atoms with van der Waals surface area (Å²) < 4.78 is 6.88. The summed E-state index contributed by atoms with van der Waals surface area (Å²) in [4.78, 5) is 0. The van der Waals surface area contributed by atoms with Gasteiger partial charge in [-0.2, -0.15) is 10.5 Å². The molecule has 0 N–H and O–H groups in total. The Hall–Kier alpha value is -9.42. The summed E-state index contributed by atoms with van der Waals surface area (Å²) in [7, 11) is 0. The Morgan fingerprint density at radius 3 is 1.12 bits per heavy atom. The van der Waals surface area contributed by atoms with Crippen molar-refractivity contribution in [3.63, 3.8) is 0 Å². The third-order valence-electron chi connectivity index (χ3n) is 16.7. The number of nitriles is 2. The molecule has 342 valence electrons. The Morgan fingerprint density at radius 1 is 0.315 bits per heavy atom. The van der Waals surface area contributed by atoms with Crippen molar-refractivity contribution >= 4 is 65.4 Å². The Bertz CT molecular complexity index is 4450. The van der Waals surface area contributed by atoms with Crippen LogP contribution >= 0.6 is 0 Å². The lowest BCUT2D eigenvalue weighted by atomic mass is 9.82. The number of aromatic nitrogens is 3. The summed E-state index contributed by atoms with van der Waals surface area (Å²) >= 11 is 0. The molecular formula is C68H45N5. The van der Waals surface area contributed by atoms with Crippen molar-refractivity contribution in [3.8, 4) is 62.6 Å². The summed E-state index contributed by atoms with van der Waals surface area (Å²) in [5.74, 6) is 0. The van der Waals surface area contributed by atoms with Crippen molar-refractivity contribution < 1.29 is 0 Å². The predicted molar refractivity (Wildman–Crippen MR) is 299 cm³/mol. The van der Waals surface area contributed by atoms with Gasteiger partial charge in [0, 0.05) is 48.7 Å². The van der Waals surface area contributed by atoms with Crippen LogP contribution in [0.15, 0.2) is 200 Å². The fourth-order valence-corrected chi connectivity index (χ4v) is 13.5. The number of rotatable bonds is 4. The van der Waals surface area contributed by atoms with Crippen molar-refractivity contribution in [2.45, 2.75) is 38.5 Å². The van der Waals surface area contributed by atoms with Gasteiger partial charge in [0.15, 0.2) is 0 Å². The molecule has 0 saturated carbocycles. The van der Waals surface area contributed by atoms with Crippen molar-refractivity contribution in [2.24, 2.45) is 0 Å². The minimum Gasteiger partial charge on any atom is -0.307 e. The SMILES string of the molecule is CC1(C)c2ccccc2-c2cc(-c3c(-n4c5ccccc5c5ccccc54)c(C#N)c(-n4c5ccccc5c5cc6c(cc54)C(C)(C)c4ccccc4-6)c(C#N)c3-n3c4ccccc4c4ccccc43)ccc21. The van der Waals surface area contributed by atoms with E-state index in [1.54, 1.807) is 0 Å². The smallest absolute Gasteiger partial charge is 0.104 e. The Balaban J connectivity index is 1.21. The molecule has 15 rings (SSSR count). The molecule has 0 spiro atoms. The molecule has 13 aromatic rings. The van der Waals surface area contributed by atoms with Crippen LogP contribution in [0.5, 0.6) is 0 Å². The predicted octanol–water partition coefficient (Wildman–Crippen LogP) is 17.0. The van der Waals surface area contributed by atoms with Gasteiger partial charge in [-0.05, 0) is 98.6 Å². The van der Waals surface area contributed by atoms with E-state index in [1.807, 2.05) is 0 Å². The van der Waals surface area contributed by atoms with E-state index >= 15 is 0 Å². The highest BCUT2D eigenvalue weighted by molar-refractivity contribution is 6.15.